The molecule has 0 aromatic carbocycles. The Labute approximate surface area is 84.8 Å². The van der Waals surface area contributed by atoms with E-state index in [1.807, 2.05) is 0 Å². The van der Waals surface area contributed by atoms with Crippen LogP contribution in [0.1, 0.15) is 32.6 Å². The molecule has 0 atom stereocenters. The molecule has 0 unspecified atom stereocenters. The summed E-state index contributed by atoms with van der Waals surface area (Å²) in [4.78, 5) is 13.0. The molecule has 1 fully saturated rings. The number of aliphatic hydroxyl groups excluding tert-OH is 1. The second-order valence-electron chi connectivity index (χ2n) is 3.86. The van der Waals surface area contributed by atoms with Crippen molar-refractivity contribution in [1.82, 2.24) is 4.90 Å². The number of carbonyl (C=O) groups is 1. The summed E-state index contributed by atoms with van der Waals surface area (Å²) >= 11 is 0. The lowest BCUT2D eigenvalue weighted by molar-refractivity contribution is 0.00844. The maximum Gasteiger partial charge on any atom is 0.409 e. The van der Waals surface area contributed by atoms with E-state index in [1.165, 1.54) is 0 Å². The van der Waals surface area contributed by atoms with Crippen molar-refractivity contribution in [3.63, 3.8) is 0 Å². The first-order chi connectivity index (χ1) is 6.65. The lowest BCUT2D eigenvalue weighted by atomic mass is 9.89. The maximum atomic E-state index is 11.4. The van der Waals surface area contributed by atoms with Gasteiger partial charge in [0.2, 0.25) is 0 Å². The Kier molecular flexibility index (Phi) is 4.20. The molecule has 0 saturated heterocycles. The van der Waals surface area contributed by atoms with Crippen LogP contribution >= 0.6 is 0 Å². The first-order valence-corrected chi connectivity index (χ1v) is 5.22. The first-order valence-electron chi connectivity index (χ1n) is 5.22. The Balaban J connectivity index is 2.16. The standard InChI is InChI=1S/C10H19NO3/c1-3-4-5-14-10(13)11(2)8-6-9(12)7-8/h8-9,12H,3-7H2,1-2H3. The van der Waals surface area contributed by atoms with Gasteiger partial charge in [-0.15, -0.1) is 0 Å². The van der Waals surface area contributed by atoms with Gasteiger partial charge in [-0.05, 0) is 19.3 Å². The molecule has 1 amide bonds. The number of rotatable bonds is 4. The van der Waals surface area contributed by atoms with Crippen LogP contribution < -0.4 is 0 Å². The van der Waals surface area contributed by atoms with E-state index in [0.717, 1.165) is 12.8 Å². The van der Waals surface area contributed by atoms with Crippen molar-refractivity contribution in [3.8, 4) is 0 Å². The largest absolute Gasteiger partial charge is 0.449 e. The van der Waals surface area contributed by atoms with Crippen LogP contribution in [-0.4, -0.2) is 41.9 Å². The van der Waals surface area contributed by atoms with Crippen molar-refractivity contribution in [2.24, 2.45) is 0 Å². The number of unbranched alkanes of at least 4 members (excludes halogenated alkanes) is 1. The summed E-state index contributed by atoms with van der Waals surface area (Å²) in [5, 5.41) is 9.08. The van der Waals surface area contributed by atoms with Crippen molar-refractivity contribution in [2.75, 3.05) is 13.7 Å². The molecule has 4 heteroatoms. The fourth-order valence-corrected chi connectivity index (χ4v) is 1.43. The zero-order chi connectivity index (χ0) is 10.6. The summed E-state index contributed by atoms with van der Waals surface area (Å²) in [6.07, 6.45) is 2.80. The van der Waals surface area contributed by atoms with Gasteiger partial charge >= 0.3 is 6.09 Å². The molecule has 0 aromatic heterocycles. The second kappa shape index (κ2) is 5.20. The highest BCUT2D eigenvalue weighted by molar-refractivity contribution is 5.67. The third-order valence-electron chi connectivity index (χ3n) is 2.65. The molecule has 0 spiro atoms. The average molecular weight is 201 g/mol. The minimum Gasteiger partial charge on any atom is -0.449 e. The van der Waals surface area contributed by atoms with Gasteiger partial charge < -0.3 is 14.7 Å². The average Bonchev–Trinajstić information content (AvgIpc) is 2.12. The summed E-state index contributed by atoms with van der Waals surface area (Å²) < 4.78 is 5.04. The molecule has 0 radical (unpaired) electrons. The van der Waals surface area contributed by atoms with E-state index in [9.17, 15) is 4.79 Å². The Hall–Kier alpha value is -0.770. The van der Waals surface area contributed by atoms with E-state index in [1.54, 1.807) is 11.9 Å². The fourth-order valence-electron chi connectivity index (χ4n) is 1.43. The van der Waals surface area contributed by atoms with E-state index >= 15 is 0 Å². The number of nitrogens with zero attached hydrogens (tertiary/aromatic N) is 1. The molecule has 0 heterocycles. The van der Waals surface area contributed by atoms with Crippen molar-refractivity contribution in [1.29, 1.82) is 0 Å². The number of hydrogen-bond donors (Lipinski definition) is 1. The highest BCUT2D eigenvalue weighted by atomic mass is 16.6. The SMILES string of the molecule is CCCCOC(=O)N(C)C1CC(O)C1. The molecule has 4 nitrogen and oxygen atoms in total. The number of ether oxygens (including phenoxy) is 1. The monoisotopic (exact) mass is 201 g/mol. The number of carbonyl (C=O) groups excluding carboxylic acids is 1. The Morgan fingerprint density at radius 1 is 1.57 bits per heavy atom. The maximum absolute atomic E-state index is 11.4. The normalized spacial score (nSPS) is 25.4. The van der Waals surface area contributed by atoms with Crippen LogP contribution in [-0.2, 0) is 4.74 Å². The highest BCUT2D eigenvalue weighted by Crippen LogP contribution is 2.24. The van der Waals surface area contributed by atoms with Gasteiger partial charge in [-0.2, -0.15) is 0 Å². The first kappa shape index (κ1) is 11.3. The van der Waals surface area contributed by atoms with E-state index in [-0.39, 0.29) is 18.2 Å². The van der Waals surface area contributed by atoms with Crippen LogP contribution in [0.5, 0.6) is 0 Å². The molecule has 1 aliphatic carbocycles. The molecule has 1 aliphatic rings. The van der Waals surface area contributed by atoms with Crippen LogP contribution in [0.15, 0.2) is 0 Å². The number of amides is 1. The van der Waals surface area contributed by atoms with Gasteiger partial charge in [-0.3, -0.25) is 0 Å². The van der Waals surface area contributed by atoms with Gasteiger partial charge in [0.25, 0.3) is 0 Å². The summed E-state index contributed by atoms with van der Waals surface area (Å²) in [5.41, 5.74) is 0. The van der Waals surface area contributed by atoms with Gasteiger partial charge in [0.15, 0.2) is 0 Å². The molecule has 14 heavy (non-hydrogen) atoms. The second-order valence-corrected chi connectivity index (χ2v) is 3.86. The third-order valence-corrected chi connectivity index (χ3v) is 2.65. The van der Waals surface area contributed by atoms with Crippen molar-refractivity contribution in [3.05, 3.63) is 0 Å². The van der Waals surface area contributed by atoms with Gasteiger partial charge in [0.1, 0.15) is 0 Å². The third kappa shape index (κ3) is 2.87. The summed E-state index contributed by atoms with van der Waals surface area (Å²) in [5.74, 6) is 0. The molecular formula is C10H19NO3. The fraction of sp³-hybridized carbons (Fsp3) is 0.900. The van der Waals surface area contributed by atoms with Gasteiger partial charge in [0.05, 0.1) is 12.7 Å². The van der Waals surface area contributed by atoms with Crippen LogP contribution in [0.3, 0.4) is 0 Å². The molecule has 0 aromatic rings. The zero-order valence-corrected chi connectivity index (χ0v) is 8.90. The smallest absolute Gasteiger partial charge is 0.409 e. The minimum absolute atomic E-state index is 0.166. The molecular weight excluding hydrogens is 182 g/mol. The topological polar surface area (TPSA) is 49.8 Å². The molecule has 1 saturated carbocycles. The van der Waals surface area contributed by atoms with E-state index in [0.29, 0.717) is 19.4 Å². The zero-order valence-electron chi connectivity index (χ0n) is 8.90. The van der Waals surface area contributed by atoms with Crippen molar-refractivity contribution >= 4 is 6.09 Å². The van der Waals surface area contributed by atoms with E-state index in [2.05, 4.69) is 6.92 Å². The van der Waals surface area contributed by atoms with Gasteiger partial charge in [-0.1, -0.05) is 13.3 Å². The molecule has 1 N–H and O–H groups in total. The van der Waals surface area contributed by atoms with Gasteiger partial charge in [-0.25, -0.2) is 4.79 Å². The van der Waals surface area contributed by atoms with Crippen LogP contribution in [0.4, 0.5) is 4.79 Å². The quantitative estimate of drug-likeness (QED) is 0.699. The van der Waals surface area contributed by atoms with Crippen LogP contribution in [0.2, 0.25) is 0 Å². The summed E-state index contributed by atoms with van der Waals surface area (Å²) in [6.45, 7) is 2.55. The lowest BCUT2D eigenvalue weighted by Gasteiger charge is -2.37. The molecule has 0 bridgehead atoms. The van der Waals surface area contributed by atoms with Crippen molar-refractivity contribution < 1.29 is 14.6 Å². The van der Waals surface area contributed by atoms with Crippen LogP contribution in [0.25, 0.3) is 0 Å². The van der Waals surface area contributed by atoms with E-state index in [4.69, 9.17) is 9.84 Å². The molecule has 82 valence electrons. The summed E-state index contributed by atoms with van der Waals surface area (Å²) in [6, 6.07) is 0.166. The number of hydrogen-bond acceptors (Lipinski definition) is 3. The Morgan fingerprint density at radius 2 is 2.21 bits per heavy atom. The number of aliphatic hydroxyl groups is 1. The Bertz CT molecular complexity index is 190. The van der Waals surface area contributed by atoms with Crippen LogP contribution in [0, 0.1) is 0 Å². The highest BCUT2D eigenvalue weighted by Gasteiger charge is 2.33. The van der Waals surface area contributed by atoms with Gasteiger partial charge in [0, 0.05) is 13.1 Å². The molecule has 0 aliphatic heterocycles. The Morgan fingerprint density at radius 3 is 2.71 bits per heavy atom. The summed E-state index contributed by atoms with van der Waals surface area (Å²) in [7, 11) is 1.73. The lowest BCUT2D eigenvalue weighted by Crippen LogP contribution is -2.48. The predicted molar refractivity (Wildman–Crippen MR) is 53.0 cm³/mol. The predicted octanol–water partition coefficient (Wildman–Crippen LogP) is 1.38. The minimum atomic E-state index is -0.268. The molecule has 1 rings (SSSR count). The van der Waals surface area contributed by atoms with E-state index < -0.39 is 0 Å². The van der Waals surface area contributed by atoms with Crippen molar-refractivity contribution in [2.45, 2.75) is 44.8 Å².